The Balaban J connectivity index is 1.89. The summed E-state index contributed by atoms with van der Waals surface area (Å²) in [6, 6.07) is 4.78. The highest BCUT2D eigenvalue weighted by Gasteiger charge is 2.25. The number of nitrogens with one attached hydrogen (secondary N) is 2. The van der Waals surface area contributed by atoms with Gasteiger partial charge in [0.2, 0.25) is 15.9 Å². The summed E-state index contributed by atoms with van der Waals surface area (Å²) in [7, 11) is -3.73. The molecule has 24 heavy (non-hydrogen) atoms. The van der Waals surface area contributed by atoms with Gasteiger partial charge < -0.3 is 10.2 Å². The number of halogens is 1. The highest BCUT2D eigenvalue weighted by atomic mass is 32.2. The van der Waals surface area contributed by atoms with Crippen LogP contribution in [0.15, 0.2) is 29.2 Å². The zero-order valence-corrected chi connectivity index (χ0v) is 14.6. The molecule has 0 aliphatic carbocycles. The maximum Gasteiger partial charge on any atom is 0.240 e. The lowest BCUT2D eigenvalue weighted by molar-refractivity contribution is -0.133. The van der Waals surface area contributed by atoms with Crippen molar-refractivity contribution < 1.29 is 17.6 Å². The molecule has 1 heterocycles. The Hall–Kier alpha value is -1.51. The van der Waals surface area contributed by atoms with Gasteiger partial charge in [-0.05, 0) is 43.7 Å². The molecule has 0 aromatic heterocycles. The normalized spacial score (nSPS) is 17.8. The van der Waals surface area contributed by atoms with Gasteiger partial charge in [0.15, 0.2) is 0 Å². The highest BCUT2D eigenvalue weighted by Crippen LogP contribution is 2.12. The first-order valence-electron chi connectivity index (χ1n) is 8.19. The molecule has 1 aromatic rings. The average Bonchev–Trinajstić information content (AvgIpc) is 3.06. The van der Waals surface area contributed by atoms with Gasteiger partial charge in [0.1, 0.15) is 5.82 Å². The van der Waals surface area contributed by atoms with Crippen molar-refractivity contribution in [2.75, 3.05) is 26.2 Å². The van der Waals surface area contributed by atoms with E-state index in [4.69, 9.17) is 0 Å². The Morgan fingerprint density at radius 2 is 2.08 bits per heavy atom. The molecule has 2 N–H and O–H groups in total. The van der Waals surface area contributed by atoms with Crippen molar-refractivity contribution in [3.05, 3.63) is 30.1 Å². The highest BCUT2D eigenvalue weighted by molar-refractivity contribution is 7.89. The molecule has 1 fully saturated rings. The van der Waals surface area contributed by atoms with E-state index < -0.39 is 15.8 Å². The van der Waals surface area contributed by atoms with E-state index in [1.807, 2.05) is 11.8 Å². The molecule has 1 aliphatic heterocycles. The quantitative estimate of drug-likeness (QED) is 0.730. The number of nitrogens with zero attached hydrogens (tertiary/aromatic N) is 1. The van der Waals surface area contributed by atoms with Crippen LogP contribution < -0.4 is 10.0 Å². The number of carbonyl (C=O) groups excluding carboxylic acids is 1. The Labute approximate surface area is 142 Å². The van der Waals surface area contributed by atoms with Gasteiger partial charge >= 0.3 is 0 Å². The lowest BCUT2D eigenvalue weighted by atomic mass is 10.2. The van der Waals surface area contributed by atoms with Gasteiger partial charge in [0.05, 0.1) is 4.90 Å². The van der Waals surface area contributed by atoms with E-state index in [1.165, 1.54) is 12.1 Å². The molecule has 1 amide bonds. The summed E-state index contributed by atoms with van der Waals surface area (Å²) in [5, 5.41) is 3.24. The van der Waals surface area contributed by atoms with Crippen LogP contribution in [0.1, 0.15) is 26.2 Å². The SMILES string of the molecule is CCCN(C(=O)CCNS(=O)(=O)c1ccc(F)cc1)C1CCNC1. The lowest BCUT2D eigenvalue weighted by Crippen LogP contribution is -2.43. The summed E-state index contributed by atoms with van der Waals surface area (Å²) in [6.07, 6.45) is 1.90. The summed E-state index contributed by atoms with van der Waals surface area (Å²) in [4.78, 5) is 14.2. The summed E-state index contributed by atoms with van der Waals surface area (Å²) >= 11 is 0. The van der Waals surface area contributed by atoms with E-state index in [0.717, 1.165) is 38.1 Å². The first-order chi connectivity index (χ1) is 11.4. The number of carbonyl (C=O) groups is 1. The first-order valence-corrected chi connectivity index (χ1v) is 9.68. The molecular weight excluding hydrogens is 333 g/mol. The molecule has 1 aliphatic rings. The second kappa shape index (κ2) is 8.55. The fourth-order valence-corrected chi connectivity index (χ4v) is 3.82. The summed E-state index contributed by atoms with van der Waals surface area (Å²) in [5.41, 5.74) is 0. The molecule has 1 atom stereocenters. The fourth-order valence-electron chi connectivity index (χ4n) is 2.79. The second-order valence-corrected chi connectivity index (χ2v) is 7.60. The molecule has 8 heteroatoms. The van der Waals surface area contributed by atoms with E-state index >= 15 is 0 Å². The van der Waals surface area contributed by atoms with E-state index in [1.54, 1.807) is 0 Å². The number of hydrogen-bond acceptors (Lipinski definition) is 4. The van der Waals surface area contributed by atoms with Crippen LogP contribution in [-0.4, -0.2) is 51.4 Å². The smallest absolute Gasteiger partial charge is 0.240 e. The van der Waals surface area contributed by atoms with Crippen LogP contribution in [0.4, 0.5) is 4.39 Å². The minimum absolute atomic E-state index is 0.0123. The molecule has 1 aromatic carbocycles. The largest absolute Gasteiger partial charge is 0.338 e. The molecule has 0 saturated carbocycles. The molecule has 2 rings (SSSR count). The van der Waals surface area contributed by atoms with Gasteiger partial charge in [0, 0.05) is 32.1 Å². The zero-order chi connectivity index (χ0) is 17.6. The van der Waals surface area contributed by atoms with Crippen LogP contribution in [0, 0.1) is 5.82 Å². The second-order valence-electron chi connectivity index (χ2n) is 5.84. The predicted octanol–water partition coefficient (Wildman–Crippen LogP) is 1.09. The minimum Gasteiger partial charge on any atom is -0.338 e. The van der Waals surface area contributed by atoms with Gasteiger partial charge in [-0.1, -0.05) is 6.92 Å². The topological polar surface area (TPSA) is 78.5 Å². The fraction of sp³-hybridized carbons (Fsp3) is 0.562. The summed E-state index contributed by atoms with van der Waals surface area (Å²) in [6.45, 7) is 4.40. The van der Waals surface area contributed by atoms with Crippen molar-refractivity contribution in [1.29, 1.82) is 0 Å². The number of amides is 1. The number of benzene rings is 1. The van der Waals surface area contributed by atoms with Crippen LogP contribution in [0.2, 0.25) is 0 Å². The van der Waals surface area contributed by atoms with E-state index in [0.29, 0.717) is 6.54 Å². The molecule has 0 bridgehead atoms. The molecule has 0 radical (unpaired) electrons. The van der Waals surface area contributed by atoms with E-state index in [2.05, 4.69) is 10.0 Å². The molecule has 0 spiro atoms. The van der Waals surface area contributed by atoms with Crippen LogP contribution in [0.5, 0.6) is 0 Å². The van der Waals surface area contributed by atoms with Gasteiger partial charge in [-0.2, -0.15) is 0 Å². The number of hydrogen-bond donors (Lipinski definition) is 2. The van der Waals surface area contributed by atoms with Crippen LogP contribution in [0.25, 0.3) is 0 Å². The monoisotopic (exact) mass is 357 g/mol. The molecule has 1 saturated heterocycles. The van der Waals surface area contributed by atoms with Crippen LogP contribution in [-0.2, 0) is 14.8 Å². The minimum atomic E-state index is -3.73. The Morgan fingerprint density at radius 1 is 1.38 bits per heavy atom. The molecular formula is C16H24FN3O3S. The maximum absolute atomic E-state index is 12.9. The molecule has 6 nitrogen and oxygen atoms in total. The van der Waals surface area contributed by atoms with E-state index in [9.17, 15) is 17.6 Å². The third-order valence-corrected chi connectivity index (χ3v) is 5.49. The maximum atomic E-state index is 12.9. The number of sulfonamides is 1. The van der Waals surface area contributed by atoms with Crippen molar-refractivity contribution in [1.82, 2.24) is 14.9 Å². The van der Waals surface area contributed by atoms with Crippen molar-refractivity contribution in [3.8, 4) is 0 Å². The summed E-state index contributed by atoms with van der Waals surface area (Å²) in [5.74, 6) is -0.545. The molecule has 134 valence electrons. The van der Waals surface area contributed by atoms with Crippen molar-refractivity contribution in [2.24, 2.45) is 0 Å². The Morgan fingerprint density at radius 3 is 2.67 bits per heavy atom. The third-order valence-electron chi connectivity index (χ3n) is 4.01. The van der Waals surface area contributed by atoms with Crippen molar-refractivity contribution in [3.63, 3.8) is 0 Å². The van der Waals surface area contributed by atoms with Gasteiger partial charge in [0.25, 0.3) is 0 Å². The van der Waals surface area contributed by atoms with Gasteiger partial charge in [-0.15, -0.1) is 0 Å². The Kier molecular flexibility index (Phi) is 6.70. The standard InChI is InChI=1S/C16H24FN3O3S/c1-2-11-20(14-7-9-18-12-14)16(21)8-10-19-24(22,23)15-5-3-13(17)4-6-15/h3-6,14,18-19H,2,7-12H2,1H3. The van der Waals surface area contributed by atoms with Gasteiger partial charge in [-0.3, -0.25) is 4.79 Å². The van der Waals surface area contributed by atoms with Crippen LogP contribution in [0.3, 0.4) is 0 Å². The zero-order valence-electron chi connectivity index (χ0n) is 13.8. The third kappa shape index (κ3) is 4.99. The first kappa shape index (κ1) is 18.8. The van der Waals surface area contributed by atoms with Gasteiger partial charge in [-0.25, -0.2) is 17.5 Å². The predicted molar refractivity (Wildman–Crippen MR) is 89.5 cm³/mol. The van der Waals surface area contributed by atoms with Crippen molar-refractivity contribution >= 4 is 15.9 Å². The van der Waals surface area contributed by atoms with Crippen molar-refractivity contribution in [2.45, 2.75) is 37.1 Å². The lowest BCUT2D eigenvalue weighted by Gasteiger charge is -2.28. The summed E-state index contributed by atoms with van der Waals surface area (Å²) < 4.78 is 39.5. The van der Waals surface area contributed by atoms with Crippen LogP contribution >= 0.6 is 0 Å². The average molecular weight is 357 g/mol. The van der Waals surface area contributed by atoms with E-state index in [-0.39, 0.29) is 29.8 Å². The Bertz CT molecular complexity index is 643. The number of rotatable bonds is 8. The molecule has 1 unspecified atom stereocenters.